The number of hydrogen-bond donors (Lipinski definition) is 0. The Hall–Kier alpha value is -2.17. The highest BCUT2D eigenvalue weighted by atomic mass is 35.7. The van der Waals surface area contributed by atoms with Crippen LogP contribution in [0.1, 0.15) is 31.7 Å². The molecule has 1 fully saturated rings. The third kappa shape index (κ3) is 4.88. The lowest BCUT2D eigenvalue weighted by atomic mass is 9.79. The van der Waals surface area contributed by atoms with Gasteiger partial charge in [-0.2, -0.15) is 0 Å². The van der Waals surface area contributed by atoms with Gasteiger partial charge in [0.05, 0.1) is 16.0 Å². The van der Waals surface area contributed by atoms with Crippen molar-refractivity contribution >= 4 is 46.6 Å². The summed E-state index contributed by atoms with van der Waals surface area (Å²) in [6.45, 7) is 4.00. The normalized spacial score (nSPS) is 21.9. The van der Waals surface area contributed by atoms with Crippen molar-refractivity contribution in [1.82, 2.24) is 13.9 Å². The Bertz CT molecular complexity index is 1370. The molecule has 0 saturated heterocycles. The van der Waals surface area contributed by atoms with Gasteiger partial charge in [0.15, 0.2) is 5.65 Å². The number of aryl methyl sites for hydroxylation is 1. The molecule has 2 aromatic heterocycles. The van der Waals surface area contributed by atoms with Crippen molar-refractivity contribution < 1.29 is 16.8 Å². The number of nitrogens with zero attached hydrogens (tertiary/aromatic N) is 4. The minimum atomic E-state index is -3.80. The number of benzene rings is 1. The largest absolute Gasteiger partial charge is 0.356 e. The minimum Gasteiger partial charge on any atom is -0.356 e. The molecular formula is C22H27ClN4O4S2. The number of fused-ring (bicyclic) bond motifs is 1. The first-order chi connectivity index (χ1) is 15.5. The molecule has 3 unspecified atom stereocenters. The smallest absolute Gasteiger partial charge is 0.269 e. The summed E-state index contributed by atoms with van der Waals surface area (Å²) < 4.78 is 50.6. The van der Waals surface area contributed by atoms with Gasteiger partial charge in [-0.1, -0.05) is 24.6 Å². The molecule has 0 radical (unpaired) electrons. The third-order valence-corrected chi connectivity index (χ3v) is 9.43. The topological polar surface area (TPSA) is 102 Å². The quantitative estimate of drug-likeness (QED) is 0.465. The molecule has 4 rings (SSSR count). The molecule has 0 bridgehead atoms. The number of hydrogen-bond acceptors (Lipinski definition) is 7. The van der Waals surface area contributed by atoms with E-state index in [0.717, 1.165) is 24.8 Å². The molecule has 1 aliphatic rings. The van der Waals surface area contributed by atoms with Gasteiger partial charge in [-0.15, -0.1) is 0 Å². The van der Waals surface area contributed by atoms with Crippen molar-refractivity contribution in [3.05, 3.63) is 48.4 Å². The fraction of sp³-hybridized carbons (Fsp3) is 0.455. The Balaban J connectivity index is 1.64. The summed E-state index contributed by atoms with van der Waals surface area (Å²) in [4.78, 5) is 11.0. The standard InChI is InChI=1S/C22H27ClN4O4S2/c1-15-4-7-18(8-5-15)33(30,31)27-11-10-19-21(24-14-25-22(19)27)26(3)20-9-6-17(12-16(20)2)13-32(23,28)29/h4-5,7-8,10-11,14,16-17,20H,6,9,12-13H2,1-3H3. The number of aromatic nitrogens is 3. The van der Waals surface area contributed by atoms with Gasteiger partial charge in [0, 0.05) is 30.0 Å². The summed E-state index contributed by atoms with van der Waals surface area (Å²) in [5.41, 5.74) is 1.30. The molecule has 1 aliphatic carbocycles. The first-order valence-electron chi connectivity index (χ1n) is 10.8. The van der Waals surface area contributed by atoms with E-state index in [2.05, 4.69) is 21.8 Å². The molecular weight excluding hydrogens is 484 g/mol. The van der Waals surface area contributed by atoms with Gasteiger partial charge < -0.3 is 4.90 Å². The van der Waals surface area contributed by atoms with E-state index >= 15 is 0 Å². The van der Waals surface area contributed by atoms with Crippen LogP contribution in [0.4, 0.5) is 5.82 Å². The van der Waals surface area contributed by atoms with Crippen molar-refractivity contribution in [3.63, 3.8) is 0 Å². The molecule has 3 aromatic rings. The Morgan fingerprint density at radius 2 is 1.79 bits per heavy atom. The van der Waals surface area contributed by atoms with E-state index in [-0.39, 0.29) is 28.5 Å². The molecule has 1 saturated carbocycles. The van der Waals surface area contributed by atoms with Crippen molar-refractivity contribution in [3.8, 4) is 0 Å². The molecule has 2 heterocycles. The maximum Gasteiger partial charge on any atom is 0.269 e. The van der Waals surface area contributed by atoms with Gasteiger partial charge in [0.25, 0.3) is 10.0 Å². The van der Waals surface area contributed by atoms with E-state index in [1.807, 2.05) is 14.0 Å². The van der Waals surface area contributed by atoms with Crippen LogP contribution < -0.4 is 4.90 Å². The van der Waals surface area contributed by atoms with Crippen molar-refractivity contribution in [1.29, 1.82) is 0 Å². The van der Waals surface area contributed by atoms with Crippen molar-refractivity contribution in [2.75, 3.05) is 17.7 Å². The fourth-order valence-corrected chi connectivity index (χ4v) is 7.57. The van der Waals surface area contributed by atoms with Crippen LogP contribution in [-0.2, 0) is 19.1 Å². The lowest BCUT2D eigenvalue weighted by Crippen LogP contribution is -2.42. The zero-order chi connectivity index (χ0) is 24.0. The van der Waals surface area contributed by atoms with Crippen LogP contribution in [0.5, 0.6) is 0 Å². The summed E-state index contributed by atoms with van der Waals surface area (Å²) >= 11 is 0. The van der Waals surface area contributed by atoms with Gasteiger partial charge in [-0.3, -0.25) is 0 Å². The van der Waals surface area contributed by atoms with E-state index in [9.17, 15) is 16.8 Å². The highest BCUT2D eigenvalue weighted by Gasteiger charge is 2.33. The second kappa shape index (κ2) is 8.88. The van der Waals surface area contributed by atoms with E-state index in [0.29, 0.717) is 16.9 Å². The van der Waals surface area contributed by atoms with Crippen molar-refractivity contribution in [2.45, 2.75) is 44.0 Å². The number of rotatable bonds is 6. The highest BCUT2D eigenvalue weighted by Crippen LogP contribution is 2.36. The van der Waals surface area contributed by atoms with Crippen LogP contribution in [0.3, 0.4) is 0 Å². The van der Waals surface area contributed by atoms with Gasteiger partial charge in [0.2, 0.25) is 9.05 Å². The average molecular weight is 511 g/mol. The molecule has 33 heavy (non-hydrogen) atoms. The predicted octanol–water partition coefficient (Wildman–Crippen LogP) is 3.79. The van der Waals surface area contributed by atoms with Crippen LogP contribution in [-0.4, -0.2) is 49.6 Å². The third-order valence-electron chi connectivity index (χ3n) is 6.50. The minimum absolute atomic E-state index is 0.00714. The van der Waals surface area contributed by atoms with Crippen LogP contribution in [0.15, 0.2) is 47.8 Å². The SMILES string of the molecule is Cc1ccc(S(=O)(=O)n2ccc3c(N(C)C4CCC(CS(=O)(=O)Cl)CC4C)ncnc32)cc1. The van der Waals surface area contributed by atoms with Gasteiger partial charge in [-0.05, 0) is 56.2 Å². The first kappa shape index (κ1) is 24.0. The summed E-state index contributed by atoms with van der Waals surface area (Å²) in [5, 5.41) is 0.647. The molecule has 0 spiro atoms. The first-order valence-corrected chi connectivity index (χ1v) is 14.7. The Morgan fingerprint density at radius 3 is 2.42 bits per heavy atom. The average Bonchev–Trinajstić information content (AvgIpc) is 3.18. The van der Waals surface area contributed by atoms with E-state index in [4.69, 9.17) is 10.7 Å². The van der Waals surface area contributed by atoms with Crippen LogP contribution in [0.2, 0.25) is 0 Å². The summed E-state index contributed by atoms with van der Waals surface area (Å²) in [5.74, 6) is 0.902. The van der Waals surface area contributed by atoms with E-state index in [1.165, 1.54) is 16.5 Å². The number of anilines is 1. The molecule has 3 atom stereocenters. The number of halogens is 1. The lowest BCUT2D eigenvalue weighted by molar-refractivity contribution is 0.258. The highest BCUT2D eigenvalue weighted by molar-refractivity contribution is 8.13. The zero-order valence-corrected chi connectivity index (χ0v) is 21.1. The Morgan fingerprint density at radius 1 is 1.09 bits per heavy atom. The van der Waals surface area contributed by atoms with Gasteiger partial charge in [-0.25, -0.2) is 30.8 Å². The van der Waals surface area contributed by atoms with Crippen molar-refractivity contribution in [2.24, 2.45) is 11.8 Å². The predicted molar refractivity (Wildman–Crippen MR) is 130 cm³/mol. The summed E-state index contributed by atoms with van der Waals surface area (Å²) in [7, 11) is 0.0693. The zero-order valence-electron chi connectivity index (χ0n) is 18.7. The molecule has 178 valence electrons. The van der Waals surface area contributed by atoms with Crippen LogP contribution in [0, 0.1) is 18.8 Å². The molecule has 0 aliphatic heterocycles. The lowest BCUT2D eigenvalue weighted by Gasteiger charge is -2.40. The molecule has 8 nitrogen and oxygen atoms in total. The van der Waals surface area contributed by atoms with Gasteiger partial charge >= 0.3 is 0 Å². The summed E-state index contributed by atoms with van der Waals surface area (Å²) in [6, 6.07) is 8.57. The second-order valence-electron chi connectivity index (χ2n) is 8.90. The Labute approximate surface area is 199 Å². The molecule has 1 aromatic carbocycles. The molecule has 0 N–H and O–H groups in total. The van der Waals surface area contributed by atoms with Gasteiger partial charge in [0.1, 0.15) is 12.1 Å². The molecule has 11 heteroatoms. The van der Waals surface area contributed by atoms with E-state index in [1.54, 1.807) is 30.3 Å². The monoisotopic (exact) mass is 510 g/mol. The molecule has 0 amide bonds. The maximum absolute atomic E-state index is 13.2. The Kier molecular flexibility index (Phi) is 6.45. The van der Waals surface area contributed by atoms with Crippen LogP contribution in [0.25, 0.3) is 11.0 Å². The fourth-order valence-electron chi connectivity index (χ4n) is 4.87. The maximum atomic E-state index is 13.2. The van der Waals surface area contributed by atoms with Crippen LogP contribution >= 0.6 is 10.7 Å². The summed E-state index contributed by atoms with van der Waals surface area (Å²) in [6.07, 6.45) is 5.19. The second-order valence-corrected chi connectivity index (χ2v) is 13.5. The van der Waals surface area contributed by atoms with E-state index < -0.39 is 19.1 Å².